The number of hydrogen-bond donors (Lipinski definition) is 2. The normalized spacial score (nSPS) is 11.3. The minimum absolute atomic E-state index is 0.0144. The predicted octanol–water partition coefficient (Wildman–Crippen LogP) is 3.80. The Bertz CT molecular complexity index is 1080. The van der Waals surface area contributed by atoms with E-state index in [1.165, 1.54) is 36.5 Å². The summed E-state index contributed by atoms with van der Waals surface area (Å²) < 4.78 is 37.4. The molecule has 26 heavy (non-hydrogen) atoms. The Morgan fingerprint density at radius 3 is 2.65 bits per heavy atom. The smallest absolute Gasteiger partial charge is 0.170 e. The van der Waals surface area contributed by atoms with Gasteiger partial charge in [-0.15, -0.1) is 0 Å². The second-order valence-corrected chi connectivity index (χ2v) is 6.69. The molecule has 0 aliphatic heterocycles. The zero-order chi connectivity index (χ0) is 18.7. The highest BCUT2D eigenvalue weighted by molar-refractivity contribution is 7.72. The molecule has 1 heterocycles. The van der Waals surface area contributed by atoms with Crippen molar-refractivity contribution in [2.45, 2.75) is 4.90 Å². The Kier molecular flexibility index (Phi) is 5.29. The van der Waals surface area contributed by atoms with E-state index in [2.05, 4.69) is 9.98 Å². The molecule has 0 bridgehead atoms. The van der Waals surface area contributed by atoms with Crippen molar-refractivity contribution in [3.8, 4) is 22.4 Å². The van der Waals surface area contributed by atoms with Crippen LogP contribution in [-0.2, 0) is 10.7 Å². The van der Waals surface area contributed by atoms with Crippen LogP contribution in [0.3, 0.4) is 0 Å². The maximum Gasteiger partial charge on any atom is 0.170 e. The Balaban J connectivity index is 2.23. The van der Waals surface area contributed by atoms with Crippen molar-refractivity contribution >= 4 is 34.3 Å². The Hall–Kier alpha value is -2.77. The van der Waals surface area contributed by atoms with Crippen molar-refractivity contribution in [2.24, 2.45) is 10.7 Å². The molecular weight excluding hydrogens is 377 g/mol. The molecule has 0 atom stereocenters. The van der Waals surface area contributed by atoms with Crippen molar-refractivity contribution in [3.05, 3.63) is 65.6 Å². The minimum Gasteiger partial charge on any atom is -0.390 e. The quantitative estimate of drug-likeness (QED) is 0.404. The monoisotopic (exact) mass is 389 g/mol. The summed E-state index contributed by atoms with van der Waals surface area (Å²) in [5.74, 6) is -0.478. The number of hydrogen-bond acceptors (Lipinski definition) is 4. The van der Waals surface area contributed by atoms with Crippen LogP contribution in [0.4, 0.5) is 10.1 Å². The molecule has 2 N–H and O–H groups in total. The highest BCUT2D eigenvalue weighted by Crippen LogP contribution is 2.35. The average molecular weight is 390 g/mol. The minimum atomic E-state index is -2.89. The van der Waals surface area contributed by atoms with Crippen LogP contribution in [0, 0.1) is 5.82 Å². The Morgan fingerprint density at radius 1 is 1.12 bits per heavy atom. The van der Waals surface area contributed by atoms with Crippen molar-refractivity contribution in [1.82, 2.24) is 4.98 Å². The molecule has 0 radical (unpaired) electrons. The number of benzene rings is 2. The summed E-state index contributed by atoms with van der Waals surface area (Å²) in [5, 5.41) is 0.369. The first-order valence-electron chi connectivity index (χ1n) is 7.45. The van der Waals surface area contributed by atoms with Crippen molar-refractivity contribution in [2.75, 3.05) is 0 Å². The third-order valence-electron chi connectivity index (χ3n) is 3.69. The first-order valence-corrected chi connectivity index (χ1v) is 9.00. The van der Waals surface area contributed by atoms with E-state index < -0.39 is 16.5 Å². The summed E-state index contributed by atoms with van der Waals surface area (Å²) >= 11 is 5.99. The number of aromatic nitrogens is 1. The molecule has 0 amide bonds. The maximum absolute atomic E-state index is 14.3. The standard InChI is InChI=1S/C18H13ClFN3O2S/c19-12-4-5-15(20)14(9-12)18-13(2-1-7-22-18)11-3-6-16(23-10-21)17(8-11)26(24)25/h1-10,26H,(H2,21,23). The number of aliphatic imine (C=N–C) groups is 1. The number of thiol groups is 1. The van der Waals surface area contributed by atoms with Gasteiger partial charge < -0.3 is 5.73 Å². The maximum atomic E-state index is 14.3. The van der Waals surface area contributed by atoms with Gasteiger partial charge in [0.25, 0.3) is 0 Å². The highest BCUT2D eigenvalue weighted by Gasteiger charge is 2.15. The SMILES string of the molecule is N/C=N\c1ccc(-c2cccnc2-c2cc(Cl)ccc2F)cc1[SH](=O)=O. The molecule has 0 spiro atoms. The summed E-state index contributed by atoms with van der Waals surface area (Å²) in [5.41, 5.74) is 7.19. The summed E-state index contributed by atoms with van der Waals surface area (Å²) in [6.45, 7) is 0. The summed E-state index contributed by atoms with van der Waals surface area (Å²) in [7, 11) is -2.89. The molecule has 132 valence electrons. The third-order valence-corrected chi connectivity index (χ3v) is 4.67. The molecule has 3 aromatic rings. The lowest BCUT2D eigenvalue weighted by Gasteiger charge is -2.11. The van der Waals surface area contributed by atoms with E-state index in [0.29, 0.717) is 21.8 Å². The van der Waals surface area contributed by atoms with Gasteiger partial charge in [-0.2, -0.15) is 0 Å². The number of nitrogens with zero attached hydrogens (tertiary/aromatic N) is 2. The van der Waals surface area contributed by atoms with E-state index in [9.17, 15) is 12.8 Å². The van der Waals surface area contributed by atoms with E-state index in [4.69, 9.17) is 17.3 Å². The first-order chi connectivity index (χ1) is 12.5. The van der Waals surface area contributed by atoms with Crippen LogP contribution in [0.15, 0.2) is 64.6 Å². The lowest BCUT2D eigenvalue weighted by Crippen LogP contribution is -1.94. The molecule has 0 saturated heterocycles. The Labute approximate surface area is 155 Å². The van der Waals surface area contributed by atoms with E-state index in [1.54, 1.807) is 18.2 Å². The van der Waals surface area contributed by atoms with Gasteiger partial charge in [-0.25, -0.2) is 17.8 Å². The van der Waals surface area contributed by atoms with E-state index in [1.807, 2.05) is 0 Å². The molecule has 0 aliphatic carbocycles. The second kappa shape index (κ2) is 7.63. The van der Waals surface area contributed by atoms with Crippen LogP contribution in [0.1, 0.15) is 0 Å². The molecule has 0 fully saturated rings. The van der Waals surface area contributed by atoms with Crippen LogP contribution in [0.25, 0.3) is 22.4 Å². The van der Waals surface area contributed by atoms with Crippen LogP contribution in [0.5, 0.6) is 0 Å². The average Bonchev–Trinajstić information content (AvgIpc) is 2.64. The topological polar surface area (TPSA) is 85.4 Å². The largest absolute Gasteiger partial charge is 0.390 e. The van der Waals surface area contributed by atoms with Crippen LogP contribution in [0.2, 0.25) is 5.02 Å². The fraction of sp³-hybridized carbons (Fsp3) is 0. The number of halogens is 2. The summed E-state index contributed by atoms with van der Waals surface area (Å²) in [4.78, 5) is 8.12. The van der Waals surface area contributed by atoms with Crippen LogP contribution >= 0.6 is 11.6 Å². The Morgan fingerprint density at radius 2 is 1.92 bits per heavy atom. The fourth-order valence-electron chi connectivity index (χ4n) is 2.56. The van der Waals surface area contributed by atoms with Crippen molar-refractivity contribution < 1.29 is 12.8 Å². The van der Waals surface area contributed by atoms with Gasteiger partial charge in [-0.1, -0.05) is 23.7 Å². The van der Waals surface area contributed by atoms with Crippen LogP contribution in [-0.4, -0.2) is 19.7 Å². The number of pyridine rings is 1. The van der Waals surface area contributed by atoms with Crippen LogP contribution < -0.4 is 5.73 Å². The molecule has 0 aliphatic rings. The zero-order valence-electron chi connectivity index (χ0n) is 13.3. The molecule has 0 saturated carbocycles. The number of rotatable bonds is 4. The van der Waals surface area contributed by atoms with E-state index in [-0.39, 0.29) is 16.1 Å². The number of nitrogens with two attached hydrogens (primary N) is 1. The lowest BCUT2D eigenvalue weighted by molar-refractivity contribution is 0.615. The second-order valence-electron chi connectivity index (χ2n) is 5.26. The molecule has 2 aromatic carbocycles. The molecule has 1 aromatic heterocycles. The van der Waals surface area contributed by atoms with E-state index in [0.717, 1.165) is 6.34 Å². The van der Waals surface area contributed by atoms with Gasteiger partial charge >= 0.3 is 0 Å². The highest BCUT2D eigenvalue weighted by atomic mass is 35.5. The molecule has 0 unspecified atom stereocenters. The molecule has 8 heteroatoms. The molecule has 5 nitrogen and oxygen atoms in total. The van der Waals surface area contributed by atoms with Gasteiger partial charge in [0, 0.05) is 22.3 Å². The van der Waals surface area contributed by atoms with Gasteiger partial charge in [0.05, 0.1) is 22.6 Å². The third kappa shape index (κ3) is 3.58. The fourth-order valence-corrected chi connectivity index (χ4v) is 3.29. The predicted molar refractivity (Wildman–Crippen MR) is 101 cm³/mol. The zero-order valence-corrected chi connectivity index (χ0v) is 14.9. The van der Waals surface area contributed by atoms with E-state index >= 15 is 0 Å². The molecule has 3 rings (SSSR count). The summed E-state index contributed by atoms with van der Waals surface area (Å²) in [6.07, 6.45) is 2.55. The summed E-state index contributed by atoms with van der Waals surface area (Å²) in [6, 6.07) is 12.3. The van der Waals surface area contributed by atoms with Crippen molar-refractivity contribution in [3.63, 3.8) is 0 Å². The van der Waals surface area contributed by atoms with Gasteiger partial charge in [0.15, 0.2) is 10.7 Å². The first kappa shape index (κ1) is 18.0. The lowest BCUT2D eigenvalue weighted by atomic mass is 9.99. The van der Waals surface area contributed by atoms with Gasteiger partial charge in [0.1, 0.15) is 5.82 Å². The molecular formula is C18H13ClFN3O2S. The van der Waals surface area contributed by atoms with Crippen molar-refractivity contribution in [1.29, 1.82) is 0 Å². The van der Waals surface area contributed by atoms with Gasteiger partial charge in [-0.05, 0) is 42.0 Å². The van der Waals surface area contributed by atoms with Gasteiger partial charge in [-0.3, -0.25) is 4.98 Å². The van der Waals surface area contributed by atoms with Gasteiger partial charge in [0.2, 0.25) is 0 Å².